The average Bonchev–Trinajstić information content (AvgIpc) is 2.70. The van der Waals surface area contributed by atoms with E-state index in [4.69, 9.17) is 15.9 Å². The van der Waals surface area contributed by atoms with Crippen LogP contribution in [0.25, 0.3) is 0 Å². The number of rotatable bonds is 8. The van der Waals surface area contributed by atoms with Gasteiger partial charge in [-0.25, -0.2) is 9.98 Å². The highest BCUT2D eigenvalue weighted by molar-refractivity contribution is 8.24. The van der Waals surface area contributed by atoms with Crippen LogP contribution in [-0.4, -0.2) is 50.0 Å². The minimum absolute atomic E-state index is 0.0992. The molecule has 0 fully saturated rings. The molecular weight excluding hydrogens is 406 g/mol. The minimum atomic E-state index is -2.87. The summed E-state index contributed by atoms with van der Waals surface area (Å²) in [6.07, 6.45) is -0.673. The third kappa shape index (κ3) is 6.77. The van der Waals surface area contributed by atoms with E-state index in [0.717, 1.165) is 0 Å². The van der Waals surface area contributed by atoms with Crippen molar-refractivity contribution < 1.29 is 18.9 Å². The molecule has 0 heterocycles. The van der Waals surface area contributed by atoms with Crippen LogP contribution in [-0.2, 0) is 4.74 Å². The van der Waals surface area contributed by atoms with E-state index in [0.29, 0.717) is 28.3 Å². The molecular formula is C20H31N5O4S. The van der Waals surface area contributed by atoms with E-state index in [1.165, 1.54) is 0 Å². The summed E-state index contributed by atoms with van der Waals surface area (Å²) in [4.78, 5) is 12.4. The fourth-order valence-electron chi connectivity index (χ4n) is 2.19. The van der Waals surface area contributed by atoms with Crippen LogP contribution in [0.4, 0.5) is 0 Å². The maximum Gasteiger partial charge on any atom is 0.291 e. The monoisotopic (exact) mass is 437 g/mol. The molecule has 9 nitrogen and oxygen atoms in total. The first-order valence-corrected chi connectivity index (χ1v) is 10.9. The fourth-order valence-corrected chi connectivity index (χ4v) is 3.27. The Hall–Kier alpha value is -2.53. The van der Waals surface area contributed by atoms with Gasteiger partial charge in [-0.3, -0.25) is 19.5 Å². The Kier molecular flexibility index (Phi) is 9.37. The summed E-state index contributed by atoms with van der Waals surface area (Å²) in [5.74, 6) is -0.394. The Morgan fingerprint density at radius 3 is 2.27 bits per heavy atom. The number of aliphatic hydroxyl groups is 1. The Balaban J connectivity index is 3.20. The molecule has 6 N–H and O–H groups in total. The van der Waals surface area contributed by atoms with Crippen molar-refractivity contribution in [2.24, 2.45) is 20.7 Å². The highest BCUT2D eigenvalue weighted by atomic mass is 32.3. The molecule has 1 atom stereocenters. The molecule has 0 saturated heterocycles. The summed E-state index contributed by atoms with van der Waals surface area (Å²) in [6, 6.07) is 6.36. The second-order valence-electron chi connectivity index (χ2n) is 6.74. The number of aliphatic hydroxyl groups excluding tert-OH is 1. The van der Waals surface area contributed by atoms with Crippen LogP contribution < -0.4 is 5.73 Å². The Bertz CT molecular complexity index is 860. The largest absolute Gasteiger partial charge is 0.405 e. The van der Waals surface area contributed by atoms with Crippen LogP contribution in [0.3, 0.4) is 0 Å². The number of nitrogens with zero attached hydrogens (tertiary/aromatic N) is 3. The topological polar surface area (TPSA) is 157 Å². The lowest BCUT2D eigenvalue weighted by atomic mass is 10.1. The number of hydrogen-bond acceptors (Lipinski definition) is 8. The number of ether oxygens (including phenoxy) is 1. The summed E-state index contributed by atoms with van der Waals surface area (Å²) in [5.41, 5.74) is 7.31. The molecule has 1 aromatic rings. The van der Waals surface area contributed by atoms with Crippen LogP contribution in [0.2, 0.25) is 0 Å². The number of allylic oxidation sites excluding steroid dienone is 1. The normalized spacial score (nSPS) is 15.5. The number of nitrogens with one attached hydrogen (secondary N) is 1. The van der Waals surface area contributed by atoms with E-state index in [1.807, 2.05) is 0 Å². The van der Waals surface area contributed by atoms with Gasteiger partial charge in [0.1, 0.15) is 11.9 Å². The predicted octanol–water partition coefficient (Wildman–Crippen LogP) is 3.98. The molecule has 0 aliphatic heterocycles. The van der Waals surface area contributed by atoms with E-state index in [9.17, 15) is 14.2 Å². The van der Waals surface area contributed by atoms with Gasteiger partial charge in [-0.1, -0.05) is 19.1 Å². The second-order valence-corrected chi connectivity index (χ2v) is 9.34. The highest BCUT2D eigenvalue weighted by Gasteiger charge is 2.20. The van der Waals surface area contributed by atoms with Crippen molar-refractivity contribution in [1.29, 1.82) is 5.41 Å². The molecule has 0 amide bonds. The summed E-state index contributed by atoms with van der Waals surface area (Å²) in [6.45, 7) is 12.0. The van der Waals surface area contributed by atoms with E-state index < -0.39 is 22.7 Å². The third-order valence-electron chi connectivity index (χ3n) is 4.20. The standard InChI is InChI=1S/C20H31N5O4S/c1-7-17(26)25-20(22)29-19(21)18(14(5)23-6)24-13(4)15-8-10-16(11-9-15)30(27,28)12(2)3/h8-12,17,21,26-28H,6-7H2,1-5H3,(H2,22,25)/b18-14-,21-19?,24-13?. The molecule has 1 rings (SSSR count). The number of benzene rings is 1. The van der Waals surface area contributed by atoms with Crippen molar-refractivity contribution in [1.82, 2.24) is 0 Å². The maximum absolute atomic E-state index is 10.3. The van der Waals surface area contributed by atoms with Gasteiger partial charge in [-0.15, -0.1) is 0 Å². The lowest BCUT2D eigenvalue weighted by molar-refractivity contribution is 0.178. The first-order valence-electron chi connectivity index (χ1n) is 9.32. The molecule has 0 saturated carbocycles. The summed E-state index contributed by atoms with van der Waals surface area (Å²) in [7, 11) is -2.87. The molecule has 0 aliphatic carbocycles. The zero-order valence-electron chi connectivity index (χ0n) is 18.0. The minimum Gasteiger partial charge on any atom is -0.405 e. The van der Waals surface area contributed by atoms with Crippen LogP contribution in [0, 0.1) is 5.41 Å². The Morgan fingerprint density at radius 2 is 1.80 bits per heavy atom. The van der Waals surface area contributed by atoms with E-state index in [2.05, 4.69) is 21.7 Å². The van der Waals surface area contributed by atoms with Gasteiger partial charge in [0.05, 0.1) is 10.6 Å². The van der Waals surface area contributed by atoms with Crippen LogP contribution in [0.5, 0.6) is 0 Å². The molecule has 10 heteroatoms. The number of aliphatic imine (C=N–C) groups is 3. The van der Waals surface area contributed by atoms with Gasteiger partial charge >= 0.3 is 0 Å². The Labute approximate surface area is 179 Å². The molecule has 0 bridgehead atoms. The van der Waals surface area contributed by atoms with Gasteiger partial charge < -0.3 is 15.6 Å². The first-order chi connectivity index (χ1) is 13.9. The number of nitrogens with two attached hydrogens (primary N) is 1. The average molecular weight is 438 g/mol. The quantitative estimate of drug-likeness (QED) is 0.307. The van der Waals surface area contributed by atoms with Gasteiger partial charge in [0.2, 0.25) is 5.90 Å². The van der Waals surface area contributed by atoms with Crippen molar-refractivity contribution in [3.63, 3.8) is 0 Å². The van der Waals surface area contributed by atoms with Crippen molar-refractivity contribution >= 4 is 34.9 Å². The van der Waals surface area contributed by atoms with Crippen molar-refractivity contribution in [2.75, 3.05) is 0 Å². The van der Waals surface area contributed by atoms with Gasteiger partial charge in [0.15, 0.2) is 0 Å². The number of amidine groups is 1. The zero-order valence-corrected chi connectivity index (χ0v) is 18.8. The summed E-state index contributed by atoms with van der Waals surface area (Å²) in [5, 5.41) is 17.4. The molecule has 0 aromatic heterocycles. The maximum atomic E-state index is 10.3. The van der Waals surface area contributed by atoms with Crippen molar-refractivity contribution in [3.8, 4) is 0 Å². The van der Waals surface area contributed by atoms with Gasteiger partial charge in [0.25, 0.3) is 6.02 Å². The lowest BCUT2D eigenvalue weighted by Crippen LogP contribution is -2.24. The van der Waals surface area contributed by atoms with Crippen LogP contribution >= 0.6 is 10.6 Å². The first kappa shape index (κ1) is 25.5. The van der Waals surface area contributed by atoms with Crippen LogP contribution in [0.15, 0.2) is 55.5 Å². The van der Waals surface area contributed by atoms with E-state index >= 15 is 0 Å². The Morgan fingerprint density at radius 1 is 1.23 bits per heavy atom. The van der Waals surface area contributed by atoms with Crippen molar-refractivity contribution in [3.05, 3.63) is 41.2 Å². The van der Waals surface area contributed by atoms with E-state index in [-0.39, 0.29) is 17.0 Å². The highest BCUT2D eigenvalue weighted by Crippen LogP contribution is 2.52. The second kappa shape index (κ2) is 11.0. The van der Waals surface area contributed by atoms with Gasteiger partial charge in [-0.05, 0) is 58.5 Å². The van der Waals surface area contributed by atoms with Gasteiger partial charge in [-0.2, -0.15) is 10.6 Å². The molecule has 0 spiro atoms. The fraction of sp³-hybridized carbons (Fsp3) is 0.400. The lowest BCUT2D eigenvalue weighted by Gasteiger charge is -2.36. The zero-order chi connectivity index (χ0) is 23.1. The SMILES string of the molecule is C=N/C(C)=C(\N=C(C)c1ccc(S(O)(O)C(C)C)cc1)C(=N)O/C(N)=N/C(O)CC. The van der Waals surface area contributed by atoms with Gasteiger partial charge in [0, 0.05) is 11.0 Å². The number of hydrogen-bond donors (Lipinski definition) is 5. The molecule has 166 valence electrons. The summed E-state index contributed by atoms with van der Waals surface area (Å²) >= 11 is 0. The third-order valence-corrected chi connectivity index (χ3v) is 6.48. The summed E-state index contributed by atoms with van der Waals surface area (Å²) < 4.78 is 25.7. The van der Waals surface area contributed by atoms with Crippen LogP contribution in [0.1, 0.15) is 46.6 Å². The molecule has 1 aromatic carbocycles. The molecule has 1 unspecified atom stereocenters. The van der Waals surface area contributed by atoms with Crippen molar-refractivity contribution in [2.45, 2.75) is 57.4 Å². The molecule has 30 heavy (non-hydrogen) atoms. The predicted molar refractivity (Wildman–Crippen MR) is 124 cm³/mol. The smallest absolute Gasteiger partial charge is 0.291 e. The molecule has 0 aliphatic rings. The molecule has 0 radical (unpaired) electrons. The van der Waals surface area contributed by atoms with E-state index in [1.54, 1.807) is 58.9 Å².